The molecule has 2 N–H and O–H groups in total. The molecule has 0 saturated carbocycles. The van der Waals surface area contributed by atoms with E-state index in [0.29, 0.717) is 17.1 Å². The van der Waals surface area contributed by atoms with Crippen molar-refractivity contribution < 1.29 is 9.53 Å². The highest BCUT2D eigenvalue weighted by Gasteiger charge is 2.17. The van der Waals surface area contributed by atoms with E-state index in [4.69, 9.17) is 4.74 Å². The third-order valence-corrected chi connectivity index (χ3v) is 5.90. The zero-order valence-corrected chi connectivity index (χ0v) is 19.6. The van der Waals surface area contributed by atoms with E-state index in [1.54, 1.807) is 19.4 Å². The van der Waals surface area contributed by atoms with Crippen molar-refractivity contribution in [3.63, 3.8) is 0 Å². The third kappa shape index (κ3) is 4.17. The first kappa shape index (κ1) is 22.1. The Morgan fingerprint density at radius 2 is 1.83 bits per heavy atom. The minimum Gasteiger partial charge on any atom is -0.496 e. The van der Waals surface area contributed by atoms with Gasteiger partial charge >= 0.3 is 0 Å². The van der Waals surface area contributed by atoms with Gasteiger partial charge in [0, 0.05) is 5.56 Å². The summed E-state index contributed by atoms with van der Waals surface area (Å²) in [6, 6.07) is 23.4. The molecule has 8 heteroatoms. The zero-order chi connectivity index (χ0) is 24.4. The number of hydrogen-bond donors (Lipinski definition) is 2. The van der Waals surface area contributed by atoms with Crippen LogP contribution in [0.1, 0.15) is 27.4 Å². The minimum atomic E-state index is -0.398. The number of para-hydroxylation sites is 1. The van der Waals surface area contributed by atoms with E-state index in [-0.39, 0.29) is 0 Å². The average Bonchev–Trinajstić information content (AvgIpc) is 3.49. The predicted molar refractivity (Wildman–Crippen MR) is 136 cm³/mol. The molecular formula is C27H24N6O2. The van der Waals surface area contributed by atoms with E-state index in [9.17, 15) is 4.79 Å². The Hall–Kier alpha value is -4.72. The van der Waals surface area contributed by atoms with E-state index in [1.807, 2.05) is 85.3 Å². The number of ether oxygens (including phenoxy) is 1. The first-order valence-corrected chi connectivity index (χ1v) is 11.1. The largest absolute Gasteiger partial charge is 0.496 e. The molecule has 174 valence electrons. The van der Waals surface area contributed by atoms with Crippen LogP contribution in [0.5, 0.6) is 5.75 Å². The van der Waals surface area contributed by atoms with Crippen LogP contribution >= 0.6 is 0 Å². The zero-order valence-electron chi connectivity index (χ0n) is 19.6. The first-order valence-electron chi connectivity index (χ1n) is 11.1. The van der Waals surface area contributed by atoms with Crippen LogP contribution in [0.15, 0.2) is 77.9 Å². The van der Waals surface area contributed by atoms with Gasteiger partial charge in [-0.25, -0.2) is 10.1 Å². The van der Waals surface area contributed by atoms with E-state index < -0.39 is 5.91 Å². The second-order valence-electron chi connectivity index (χ2n) is 8.06. The molecule has 0 aliphatic carbocycles. The number of hydrogen-bond acceptors (Lipinski definition) is 5. The van der Waals surface area contributed by atoms with Gasteiger partial charge in [-0.3, -0.25) is 9.89 Å². The average molecular weight is 465 g/mol. The number of aromatic nitrogens is 4. The van der Waals surface area contributed by atoms with Gasteiger partial charge in [0.1, 0.15) is 11.4 Å². The van der Waals surface area contributed by atoms with Gasteiger partial charge in [-0.05, 0) is 48.9 Å². The highest BCUT2D eigenvalue weighted by Crippen LogP contribution is 2.36. The van der Waals surface area contributed by atoms with Crippen LogP contribution < -0.4 is 10.2 Å². The number of aromatic amines is 1. The highest BCUT2D eigenvalue weighted by molar-refractivity contribution is 6.00. The monoisotopic (exact) mass is 464 g/mol. The number of nitrogens with zero attached hydrogens (tertiary/aromatic N) is 4. The number of nitrogens with one attached hydrogen (secondary N) is 2. The Bertz CT molecular complexity index is 1550. The number of amides is 1. The van der Waals surface area contributed by atoms with Crippen molar-refractivity contribution >= 4 is 22.9 Å². The van der Waals surface area contributed by atoms with Gasteiger partial charge < -0.3 is 4.74 Å². The van der Waals surface area contributed by atoms with E-state index in [0.717, 1.165) is 39.0 Å². The molecule has 0 aliphatic heterocycles. The summed E-state index contributed by atoms with van der Waals surface area (Å²) in [5.74, 6) is 0.284. The van der Waals surface area contributed by atoms with Crippen LogP contribution in [0.2, 0.25) is 0 Å². The summed E-state index contributed by atoms with van der Waals surface area (Å²) in [7, 11) is 1.62. The number of carbonyl (C=O) groups is 1. The van der Waals surface area contributed by atoms with Crippen LogP contribution in [0.4, 0.5) is 0 Å². The molecule has 2 heterocycles. The molecule has 5 rings (SSSR count). The summed E-state index contributed by atoms with van der Waals surface area (Å²) in [4.78, 5) is 12.7. The molecule has 8 nitrogen and oxygen atoms in total. The smallest absolute Gasteiger partial charge is 0.289 e. The Morgan fingerprint density at radius 3 is 2.63 bits per heavy atom. The van der Waals surface area contributed by atoms with Crippen LogP contribution in [0.25, 0.3) is 27.7 Å². The summed E-state index contributed by atoms with van der Waals surface area (Å²) in [6.45, 7) is 3.88. The number of benzene rings is 3. The van der Waals surface area contributed by atoms with Crippen LogP contribution in [0.3, 0.4) is 0 Å². The van der Waals surface area contributed by atoms with Crippen LogP contribution in [-0.4, -0.2) is 39.2 Å². The molecule has 5 aromatic rings. The van der Waals surface area contributed by atoms with Crippen molar-refractivity contribution in [1.29, 1.82) is 0 Å². The molecule has 0 saturated heterocycles. The molecule has 0 aliphatic rings. The van der Waals surface area contributed by atoms with Gasteiger partial charge in [0.15, 0.2) is 0 Å². The fraction of sp³-hybridized carbons (Fsp3) is 0.111. The summed E-state index contributed by atoms with van der Waals surface area (Å²) in [5, 5.41) is 18.0. The topological polar surface area (TPSA) is 97.2 Å². The lowest BCUT2D eigenvalue weighted by Crippen LogP contribution is -2.18. The van der Waals surface area contributed by atoms with Crippen molar-refractivity contribution in [1.82, 2.24) is 25.4 Å². The quantitative estimate of drug-likeness (QED) is 0.278. The second-order valence-corrected chi connectivity index (χ2v) is 8.06. The number of methoxy groups -OCH3 is 1. The number of aryl methyl sites for hydroxylation is 1. The molecule has 0 unspecified atom stereocenters. The molecule has 1 amide bonds. The fourth-order valence-corrected chi connectivity index (χ4v) is 4.13. The maximum absolute atomic E-state index is 12.7. The second kappa shape index (κ2) is 9.26. The predicted octanol–water partition coefficient (Wildman–Crippen LogP) is 4.80. The highest BCUT2D eigenvalue weighted by atomic mass is 16.5. The van der Waals surface area contributed by atoms with Crippen LogP contribution in [-0.2, 0) is 0 Å². The number of H-pyrrole nitrogens is 1. The number of hydrazone groups is 1. The summed E-state index contributed by atoms with van der Waals surface area (Å²) in [5.41, 5.74) is 7.86. The van der Waals surface area contributed by atoms with Crippen molar-refractivity contribution in [2.24, 2.45) is 5.10 Å². The molecule has 2 aromatic heterocycles. The number of carbonyl (C=O) groups excluding carboxylic acids is 1. The van der Waals surface area contributed by atoms with Gasteiger partial charge in [-0.15, -0.1) is 0 Å². The number of rotatable bonds is 6. The van der Waals surface area contributed by atoms with Crippen molar-refractivity contribution in [3.05, 3.63) is 95.4 Å². The SMILES string of the molecule is COc1ccc2ccccc2c1-c1cc(C(=O)N/N=C/c2c(C)nn(-c3ccccc3)c2C)[nH]n1. The summed E-state index contributed by atoms with van der Waals surface area (Å²) in [6.07, 6.45) is 1.61. The van der Waals surface area contributed by atoms with Crippen LogP contribution in [0, 0.1) is 13.8 Å². The van der Waals surface area contributed by atoms with Gasteiger partial charge in [0.25, 0.3) is 5.91 Å². The van der Waals surface area contributed by atoms with Crippen molar-refractivity contribution in [2.75, 3.05) is 7.11 Å². The van der Waals surface area contributed by atoms with Gasteiger partial charge in [-0.1, -0.05) is 48.5 Å². The normalized spacial score (nSPS) is 11.3. The van der Waals surface area contributed by atoms with Gasteiger partial charge in [0.2, 0.25) is 0 Å². The molecular weight excluding hydrogens is 440 g/mol. The first-order chi connectivity index (χ1) is 17.1. The maximum atomic E-state index is 12.7. The lowest BCUT2D eigenvalue weighted by atomic mass is 10.0. The van der Waals surface area contributed by atoms with Gasteiger partial charge in [-0.2, -0.15) is 15.3 Å². The van der Waals surface area contributed by atoms with E-state index in [2.05, 4.69) is 25.8 Å². The van der Waals surface area contributed by atoms with Gasteiger partial charge in [0.05, 0.1) is 41.7 Å². The standard InChI is InChI=1S/C27H24N6O2/c1-17-22(18(2)33(32-17)20-10-5-4-6-11-20)16-28-31-27(34)24-15-23(29-30-24)26-21-12-8-7-9-19(21)13-14-25(26)35-3/h4-16H,1-3H3,(H,29,30)(H,31,34)/b28-16+. The maximum Gasteiger partial charge on any atom is 0.289 e. The molecule has 0 bridgehead atoms. The molecule has 0 radical (unpaired) electrons. The Morgan fingerprint density at radius 1 is 1.06 bits per heavy atom. The number of fused-ring (bicyclic) bond motifs is 1. The molecule has 0 fully saturated rings. The molecule has 3 aromatic carbocycles. The lowest BCUT2D eigenvalue weighted by Gasteiger charge is -2.09. The molecule has 0 atom stereocenters. The summed E-state index contributed by atoms with van der Waals surface area (Å²) >= 11 is 0. The lowest BCUT2D eigenvalue weighted by molar-refractivity contribution is 0.0950. The van der Waals surface area contributed by atoms with Crippen molar-refractivity contribution in [2.45, 2.75) is 13.8 Å². The Kier molecular flexibility index (Phi) is 5.85. The molecule has 35 heavy (non-hydrogen) atoms. The third-order valence-electron chi connectivity index (χ3n) is 5.90. The minimum absolute atomic E-state index is 0.292. The fourth-order valence-electron chi connectivity index (χ4n) is 4.13. The van der Waals surface area contributed by atoms with Crippen molar-refractivity contribution in [3.8, 4) is 22.7 Å². The van der Waals surface area contributed by atoms with E-state index >= 15 is 0 Å². The Balaban J connectivity index is 1.37. The van der Waals surface area contributed by atoms with E-state index in [1.165, 1.54) is 0 Å². The summed E-state index contributed by atoms with van der Waals surface area (Å²) < 4.78 is 7.42. The Labute approximate surface area is 202 Å². The molecule has 0 spiro atoms.